The third kappa shape index (κ3) is 3.56. The maximum Gasteiger partial charge on any atom is 0.156 e. The van der Waals surface area contributed by atoms with Crippen molar-refractivity contribution in [2.24, 2.45) is 0 Å². The molecule has 1 aromatic rings. The summed E-state index contributed by atoms with van der Waals surface area (Å²) >= 11 is 6.06. The Kier molecular flexibility index (Phi) is 5.39. The van der Waals surface area contributed by atoms with Gasteiger partial charge in [0.25, 0.3) is 0 Å². The van der Waals surface area contributed by atoms with Gasteiger partial charge < -0.3 is 9.88 Å². The molecule has 90 valence electrons. The first kappa shape index (κ1) is 13.1. The predicted molar refractivity (Wildman–Crippen MR) is 69.6 cm³/mol. The van der Waals surface area contributed by atoms with Gasteiger partial charge in [0.05, 0.1) is 5.35 Å². The molecule has 1 N–H and O–H groups in total. The van der Waals surface area contributed by atoms with Crippen molar-refractivity contribution in [2.45, 2.75) is 33.6 Å². The lowest BCUT2D eigenvalue weighted by Gasteiger charge is -2.13. The second kappa shape index (κ2) is 6.59. The van der Waals surface area contributed by atoms with Gasteiger partial charge in [-0.25, -0.2) is 4.98 Å². The Balaban J connectivity index is 3.01. The number of aromatic nitrogens is 2. The molecule has 0 atom stereocenters. The Hall–Kier alpha value is -0.960. The monoisotopic (exact) mass is 241 g/mol. The summed E-state index contributed by atoms with van der Waals surface area (Å²) in [7, 11) is 0. The molecule has 0 radical (unpaired) electrons. The maximum absolute atomic E-state index is 6.06. The highest BCUT2D eigenvalue weighted by Crippen LogP contribution is 1.93. The van der Waals surface area contributed by atoms with Crippen molar-refractivity contribution in [3.8, 4) is 0 Å². The van der Waals surface area contributed by atoms with E-state index in [0.717, 1.165) is 36.8 Å². The quantitative estimate of drug-likeness (QED) is 0.852. The van der Waals surface area contributed by atoms with Crippen molar-refractivity contribution < 1.29 is 0 Å². The summed E-state index contributed by atoms with van der Waals surface area (Å²) in [5.74, 6) is 0. The fourth-order valence-electron chi connectivity index (χ4n) is 1.44. The van der Waals surface area contributed by atoms with E-state index in [-0.39, 0.29) is 0 Å². The Bertz CT molecular complexity index is 418. The number of H-pyrrole nitrogens is 1. The van der Waals surface area contributed by atoms with E-state index in [2.05, 4.69) is 41.7 Å². The average Bonchev–Trinajstić information content (AvgIpc) is 2.64. The molecule has 0 aromatic carbocycles. The smallest absolute Gasteiger partial charge is 0.156 e. The van der Waals surface area contributed by atoms with Crippen LogP contribution in [0.25, 0.3) is 12.3 Å². The largest absolute Gasteiger partial charge is 0.376 e. The lowest BCUT2D eigenvalue weighted by atomic mass is 10.3. The van der Waals surface area contributed by atoms with Gasteiger partial charge in [-0.2, -0.15) is 0 Å². The summed E-state index contributed by atoms with van der Waals surface area (Å²) in [6, 6.07) is 0. The number of aromatic amines is 1. The number of rotatable bonds is 5. The van der Waals surface area contributed by atoms with E-state index in [1.165, 1.54) is 0 Å². The number of nitrogens with zero attached hydrogens (tertiary/aromatic N) is 2. The third-order valence-electron chi connectivity index (χ3n) is 2.45. The fraction of sp³-hybridized carbons (Fsp3) is 0.583. The number of halogens is 1. The van der Waals surface area contributed by atoms with Gasteiger partial charge in [-0.1, -0.05) is 24.9 Å². The van der Waals surface area contributed by atoms with Crippen LogP contribution in [0.3, 0.4) is 0 Å². The molecule has 0 unspecified atom stereocenters. The average molecular weight is 242 g/mol. The highest BCUT2D eigenvalue weighted by molar-refractivity contribution is 6.29. The molecule has 0 fully saturated rings. The molecule has 0 spiro atoms. The second-order valence-electron chi connectivity index (χ2n) is 3.67. The molecule has 0 bridgehead atoms. The zero-order valence-corrected chi connectivity index (χ0v) is 11.0. The van der Waals surface area contributed by atoms with E-state index < -0.39 is 0 Å². The molecule has 1 rings (SSSR count). The summed E-state index contributed by atoms with van der Waals surface area (Å²) in [6.45, 7) is 8.33. The molecule has 0 saturated heterocycles. The van der Waals surface area contributed by atoms with Crippen LogP contribution in [0.2, 0.25) is 5.15 Å². The van der Waals surface area contributed by atoms with Gasteiger partial charge in [-0.05, 0) is 26.3 Å². The van der Waals surface area contributed by atoms with Gasteiger partial charge in [0.15, 0.2) is 5.15 Å². The summed E-state index contributed by atoms with van der Waals surface area (Å²) in [5, 5.41) is 1.45. The first-order chi connectivity index (χ1) is 7.71. The molecule has 4 heteroatoms. The van der Waals surface area contributed by atoms with E-state index in [1.54, 1.807) is 0 Å². The van der Waals surface area contributed by atoms with Crippen molar-refractivity contribution in [3.05, 3.63) is 16.0 Å². The van der Waals surface area contributed by atoms with Crippen LogP contribution in [0, 0.1) is 0 Å². The third-order valence-corrected chi connectivity index (χ3v) is 2.74. The molecule has 0 aliphatic rings. The summed E-state index contributed by atoms with van der Waals surface area (Å²) < 4.78 is 0. The van der Waals surface area contributed by atoms with Crippen LogP contribution in [0.5, 0.6) is 0 Å². The van der Waals surface area contributed by atoms with Gasteiger partial charge >= 0.3 is 0 Å². The summed E-state index contributed by atoms with van der Waals surface area (Å²) in [6.07, 6.45) is 6.24. The minimum atomic E-state index is 0.550. The normalized spacial score (nSPS) is 13.5. The SMILES string of the molecule is CCCC=c1nc(Cl)c(=CN(CC)CC)[nH]1. The predicted octanol–water partition coefficient (Wildman–Crippen LogP) is 1.72. The maximum atomic E-state index is 6.06. The highest BCUT2D eigenvalue weighted by Gasteiger charge is 1.98. The molecule has 0 amide bonds. The van der Waals surface area contributed by atoms with Gasteiger partial charge in [0.1, 0.15) is 5.48 Å². The van der Waals surface area contributed by atoms with Crippen LogP contribution >= 0.6 is 11.6 Å². The molecule has 0 aliphatic carbocycles. The Labute approximate surface area is 102 Å². The Morgan fingerprint density at radius 2 is 2.00 bits per heavy atom. The zero-order chi connectivity index (χ0) is 12.0. The molecule has 0 aliphatic heterocycles. The van der Waals surface area contributed by atoms with Crippen molar-refractivity contribution in [1.82, 2.24) is 14.9 Å². The number of nitrogens with one attached hydrogen (secondary N) is 1. The topological polar surface area (TPSA) is 31.9 Å². The van der Waals surface area contributed by atoms with Crippen LogP contribution in [0.4, 0.5) is 0 Å². The van der Waals surface area contributed by atoms with Gasteiger partial charge in [-0.3, -0.25) is 0 Å². The van der Waals surface area contributed by atoms with Crippen molar-refractivity contribution in [3.63, 3.8) is 0 Å². The van der Waals surface area contributed by atoms with Gasteiger partial charge in [0, 0.05) is 19.3 Å². The number of hydrogen-bond donors (Lipinski definition) is 1. The second-order valence-corrected chi connectivity index (χ2v) is 4.03. The highest BCUT2D eigenvalue weighted by atomic mass is 35.5. The van der Waals surface area contributed by atoms with E-state index in [4.69, 9.17) is 11.6 Å². The van der Waals surface area contributed by atoms with E-state index in [1.807, 2.05) is 6.20 Å². The van der Waals surface area contributed by atoms with Crippen LogP contribution < -0.4 is 10.8 Å². The first-order valence-electron chi connectivity index (χ1n) is 5.88. The molecule has 16 heavy (non-hydrogen) atoms. The molecular weight excluding hydrogens is 222 g/mol. The van der Waals surface area contributed by atoms with Crippen molar-refractivity contribution >= 4 is 23.9 Å². The standard InChI is InChI=1S/C12H20ClN3/c1-4-7-8-11-14-10(12(13)15-11)9-16(5-2)6-3/h8-9,14H,4-7H2,1-3H3. The van der Waals surface area contributed by atoms with E-state index in [0.29, 0.717) is 5.15 Å². The minimum Gasteiger partial charge on any atom is -0.376 e. The van der Waals surface area contributed by atoms with Crippen LogP contribution in [-0.4, -0.2) is 28.0 Å². The molecule has 0 saturated carbocycles. The fourth-order valence-corrected chi connectivity index (χ4v) is 1.62. The molecular formula is C12H20ClN3. The molecule has 3 nitrogen and oxygen atoms in total. The lowest BCUT2D eigenvalue weighted by Crippen LogP contribution is -2.21. The van der Waals surface area contributed by atoms with Gasteiger partial charge in [0.2, 0.25) is 0 Å². The number of unbranched alkanes of at least 4 members (excludes halogenated alkanes) is 1. The summed E-state index contributed by atoms with van der Waals surface area (Å²) in [4.78, 5) is 9.67. The Morgan fingerprint density at radius 3 is 2.56 bits per heavy atom. The Morgan fingerprint density at radius 1 is 1.31 bits per heavy atom. The zero-order valence-electron chi connectivity index (χ0n) is 10.3. The summed E-state index contributed by atoms with van der Waals surface area (Å²) in [5.41, 5.74) is 0.866. The molecule has 1 aromatic heterocycles. The lowest BCUT2D eigenvalue weighted by molar-refractivity contribution is 0.456. The van der Waals surface area contributed by atoms with E-state index >= 15 is 0 Å². The minimum absolute atomic E-state index is 0.550. The molecule has 1 heterocycles. The van der Waals surface area contributed by atoms with Crippen LogP contribution in [-0.2, 0) is 0 Å². The first-order valence-corrected chi connectivity index (χ1v) is 6.26. The van der Waals surface area contributed by atoms with E-state index in [9.17, 15) is 0 Å². The van der Waals surface area contributed by atoms with Crippen molar-refractivity contribution in [1.29, 1.82) is 0 Å². The van der Waals surface area contributed by atoms with Gasteiger partial charge in [-0.15, -0.1) is 0 Å². The number of hydrogen-bond acceptors (Lipinski definition) is 2. The van der Waals surface area contributed by atoms with Crippen LogP contribution in [0.15, 0.2) is 0 Å². The number of imidazole rings is 1. The van der Waals surface area contributed by atoms with Crippen LogP contribution in [0.1, 0.15) is 33.6 Å². The van der Waals surface area contributed by atoms with Crippen molar-refractivity contribution in [2.75, 3.05) is 13.1 Å².